The number of hydrogen-bond donors (Lipinski definition) is 0. The SMILES string of the molecule is CCCC1=[C]([Zr+2][C]2=CC=CC2)CC=C1.[Cl-].[Cl-]. The number of halogens is 2. The van der Waals surface area contributed by atoms with E-state index in [4.69, 9.17) is 0 Å². The topological polar surface area (TPSA) is 0 Å². The van der Waals surface area contributed by atoms with Gasteiger partial charge in [-0.15, -0.1) is 0 Å². The molecule has 0 aliphatic heterocycles. The average Bonchev–Trinajstić information content (AvgIpc) is 2.80. The first-order valence-corrected chi connectivity index (χ1v) is 7.87. The van der Waals surface area contributed by atoms with Gasteiger partial charge in [-0.25, -0.2) is 0 Å². The van der Waals surface area contributed by atoms with Crippen molar-refractivity contribution in [3.05, 3.63) is 42.5 Å². The minimum absolute atomic E-state index is 0. The molecule has 0 aromatic heterocycles. The fourth-order valence-corrected chi connectivity index (χ4v) is 5.30. The molecule has 0 amide bonds. The fourth-order valence-electron chi connectivity index (χ4n) is 1.92. The molecule has 0 spiro atoms. The molecule has 0 saturated heterocycles. The Morgan fingerprint density at radius 1 is 1.19 bits per heavy atom. The van der Waals surface area contributed by atoms with E-state index in [1.54, 1.807) is 8.85 Å². The van der Waals surface area contributed by atoms with E-state index in [-0.39, 0.29) is 48.0 Å². The van der Waals surface area contributed by atoms with Crippen LogP contribution in [0, 0.1) is 0 Å². The van der Waals surface area contributed by atoms with Gasteiger partial charge >= 0.3 is 98.4 Å². The molecule has 0 radical (unpaired) electrons. The Balaban J connectivity index is 0.00000112. The van der Waals surface area contributed by atoms with E-state index < -0.39 is 0 Å². The second-order valence-electron chi connectivity index (χ2n) is 3.81. The maximum atomic E-state index is 2.36. The first kappa shape index (κ1) is 16.4. The summed E-state index contributed by atoms with van der Waals surface area (Å²) in [5, 5.41) is 0. The van der Waals surface area contributed by atoms with Crippen molar-refractivity contribution in [3.8, 4) is 0 Å². The van der Waals surface area contributed by atoms with Gasteiger partial charge in [0, 0.05) is 0 Å². The van der Waals surface area contributed by atoms with Crippen LogP contribution in [0.5, 0.6) is 0 Å². The van der Waals surface area contributed by atoms with E-state index in [0.717, 1.165) is 0 Å². The van der Waals surface area contributed by atoms with E-state index >= 15 is 0 Å². The van der Waals surface area contributed by atoms with Crippen LogP contribution in [0.3, 0.4) is 0 Å². The molecule has 0 unspecified atom stereocenters. The minimum Gasteiger partial charge on any atom is -1.00 e. The Labute approximate surface area is 122 Å². The molecular weight excluding hydrogens is 318 g/mol. The van der Waals surface area contributed by atoms with E-state index in [2.05, 4.69) is 37.3 Å². The number of rotatable bonds is 4. The summed E-state index contributed by atoms with van der Waals surface area (Å²) in [7, 11) is 0. The van der Waals surface area contributed by atoms with Gasteiger partial charge in [0.25, 0.3) is 0 Å². The third kappa shape index (κ3) is 4.36. The zero-order valence-corrected chi connectivity index (χ0v) is 13.4. The van der Waals surface area contributed by atoms with Gasteiger partial charge in [0.05, 0.1) is 0 Å². The predicted molar refractivity (Wildman–Crippen MR) is 57.5 cm³/mol. The molecule has 2 aliphatic carbocycles. The van der Waals surface area contributed by atoms with Gasteiger partial charge in [0.15, 0.2) is 0 Å². The van der Waals surface area contributed by atoms with Crippen LogP contribution in [0.2, 0.25) is 0 Å². The van der Waals surface area contributed by atoms with Gasteiger partial charge in [-0.05, 0) is 0 Å². The Bertz CT molecular complexity index is 338. The molecule has 86 valence electrons. The monoisotopic (exact) mass is 332 g/mol. The number of hydrogen-bond acceptors (Lipinski definition) is 0. The van der Waals surface area contributed by atoms with Gasteiger partial charge < -0.3 is 24.8 Å². The molecule has 0 heterocycles. The summed E-state index contributed by atoms with van der Waals surface area (Å²) < 4.78 is 3.58. The van der Waals surface area contributed by atoms with Crippen molar-refractivity contribution in [2.45, 2.75) is 32.6 Å². The van der Waals surface area contributed by atoms with Crippen LogP contribution in [-0.4, -0.2) is 0 Å². The molecular formula is C13H16Cl2Zr. The maximum absolute atomic E-state index is 2.36. The zero-order chi connectivity index (χ0) is 9.80. The first-order chi connectivity index (χ1) is 6.90. The van der Waals surface area contributed by atoms with Crippen LogP contribution in [0.25, 0.3) is 0 Å². The third-order valence-corrected chi connectivity index (χ3v) is 6.36. The largest absolute Gasteiger partial charge is 1.00 e. The van der Waals surface area contributed by atoms with Crippen molar-refractivity contribution in [1.29, 1.82) is 0 Å². The normalized spacial score (nSPS) is 16.7. The van der Waals surface area contributed by atoms with Crippen molar-refractivity contribution < 1.29 is 48.0 Å². The zero-order valence-electron chi connectivity index (χ0n) is 9.47. The standard InChI is InChI=1S/C8H11.C5H5.2ClH.Zr/c1-2-5-8-6-3-4-7-8;1-2-4-5-3-1;;;/h3,6H,2,4-5H2,1H3;1-3H,4H2;2*1H;/q;;;;+2/p-2. The van der Waals surface area contributed by atoms with Crippen LogP contribution >= 0.6 is 0 Å². The third-order valence-electron chi connectivity index (χ3n) is 2.63. The molecule has 3 heteroatoms. The Morgan fingerprint density at radius 2 is 2.00 bits per heavy atom. The molecule has 16 heavy (non-hydrogen) atoms. The summed E-state index contributed by atoms with van der Waals surface area (Å²) in [6.45, 7) is 2.28. The predicted octanol–water partition coefficient (Wildman–Crippen LogP) is -2.07. The van der Waals surface area contributed by atoms with E-state index in [1.165, 1.54) is 25.7 Å². The van der Waals surface area contributed by atoms with Crippen molar-refractivity contribution in [2.75, 3.05) is 0 Å². The molecule has 0 saturated carbocycles. The van der Waals surface area contributed by atoms with Crippen molar-refractivity contribution in [3.63, 3.8) is 0 Å². The second kappa shape index (κ2) is 8.50. The van der Waals surface area contributed by atoms with E-state index in [0.29, 0.717) is 0 Å². The van der Waals surface area contributed by atoms with Crippen molar-refractivity contribution >= 4 is 0 Å². The molecule has 0 aromatic rings. The molecule has 0 aromatic carbocycles. The van der Waals surface area contributed by atoms with E-state index in [1.807, 2.05) is 3.28 Å². The summed E-state index contributed by atoms with van der Waals surface area (Å²) in [5.41, 5.74) is 1.67. The summed E-state index contributed by atoms with van der Waals surface area (Å²) >= 11 is -0.377. The molecule has 0 fully saturated rings. The van der Waals surface area contributed by atoms with Crippen LogP contribution in [0.15, 0.2) is 42.5 Å². The van der Waals surface area contributed by atoms with Gasteiger partial charge in [-0.1, -0.05) is 0 Å². The van der Waals surface area contributed by atoms with Gasteiger partial charge in [0.2, 0.25) is 0 Å². The van der Waals surface area contributed by atoms with Crippen LogP contribution < -0.4 is 24.8 Å². The van der Waals surface area contributed by atoms with Gasteiger partial charge in [0.1, 0.15) is 0 Å². The second-order valence-corrected chi connectivity index (χ2v) is 7.49. The molecule has 2 aliphatic rings. The number of allylic oxidation sites excluding steroid dienone is 8. The Morgan fingerprint density at radius 3 is 2.62 bits per heavy atom. The summed E-state index contributed by atoms with van der Waals surface area (Å²) in [6.07, 6.45) is 16.7. The Hall–Kier alpha value is 0.423. The summed E-state index contributed by atoms with van der Waals surface area (Å²) in [5.74, 6) is 0. The van der Waals surface area contributed by atoms with E-state index in [9.17, 15) is 0 Å². The molecule has 0 nitrogen and oxygen atoms in total. The van der Waals surface area contributed by atoms with Crippen molar-refractivity contribution in [1.82, 2.24) is 0 Å². The summed E-state index contributed by atoms with van der Waals surface area (Å²) in [6, 6.07) is 0. The smallest absolute Gasteiger partial charge is 1.00 e. The van der Waals surface area contributed by atoms with Gasteiger partial charge in [-0.2, -0.15) is 0 Å². The fraction of sp³-hybridized carbons (Fsp3) is 0.385. The molecule has 2 rings (SSSR count). The average molecular weight is 334 g/mol. The first-order valence-electron chi connectivity index (χ1n) is 5.41. The molecule has 0 bridgehead atoms. The van der Waals surface area contributed by atoms with Crippen LogP contribution in [0.1, 0.15) is 32.6 Å². The molecule has 0 atom stereocenters. The van der Waals surface area contributed by atoms with Crippen molar-refractivity contribution in [2.24, 2.45) is 0 Å². The molecule has 0 N–H and O–H groups in total. The quantitative estimate of drug-likeness (QED) is 0.555. The summed E-state index contributed by atoms with van der Waals surface area (Å²) in [4.78, 5) is 0. The van der Waals surface area contributed by atoms with Crippen LogP contribution in [0.4, 0.5) is 0 Å². The minimum atomic E-state index is -0.377. The van der Waals surface area contributed by atoms with Gasteiger partial charge in [-0.3, -0.25) is 0 Å². The Kier molecular flexibility index (Phi) is 8.73. The van der Waals surface area contributed by atoms with Crippen LogP contribution in [-0.2, 0) is 23.2 Å². The maximum Gasteiger partial charge on any atom is -1.00 e.